The summed E-state index contributed by atoms with van der Waals surface area (Å²) in [5.41, 5.74) is 0. The van der Waals surface area contributed by atoms with Crippen LogP contribution in [-0.2, 0) is 4.79 Å². The first-order chi connectivity index (χ1) is 5.74. The van der Waals surface area contributed by atoms with E-state index in [0.717, 1.165) is 31.6 Å². The fourth-order valence-corrected chi connectivity index (χ4v) is 2.11. The molecule has 1 rings (SSSR count). The molecule has 0 aromatic carbocycles. The van der Waals surface area contributed by atoms with Gasteiger partial charge in [0.2, 0.25) is 0 Å². The van der Waals surface area contributed by atoms with Crippen molar-refractivity contribution in [2.45, 2.75) is 45.4 Å². The molecule has 0 aromatic rings. The molecule has 0 aromatic heterocycles. The lowest BCUT2D eigenvalue weighted by Crippen LogP contribution is -2.21. The Morgan fingerprint density at radius 1 is 1.33 bits per heavy atom. The van der Waals surface area contributed by atoms with Crippen LogP contribution < -0.4 is 0 Å². The second kappa shape index (κ2) is 4.48. The number of hydrogen-bond acceptors (Lipinski definition) is 1. The molecule has 70 valence electrons. The lowest BCUT2D eigenvalue weighted by atomic mass is 9.80. The normalized spacial score (nSPS) is 30.1. The topological polar surface area (TPSA) is 37.3 Å². The van der Waals surface area contributed by atoms with Crippen LogP contribution in [0.5, 0.6) is 0 Å². The Bertz CT molecular complexity index is 146. The highest BCUT2D eigenvalue weighted by Crippen LogP contribution is 2.31. The van der Waals surface area contributed by atoms with Gasteiger partial charge in [0.05, 0.1) is 5.92 Å². The smallest absolute Gasteiger partial charge is 0.306 e. The summed E-state index contributed by atoms with van der Waals surface area (Å²) < 4.78 is 0. The van der Waals surface area contributed by atoms with Crippen molar-refractivity contribution in [1.29, 1.82) is 0 Å². The van der Waals surface area contributed by atoms with Gasteiger partial charge in [-0.05, 0) is 31.6 Å². The summed E-state index contributed by atoms with van der Waals surface area (Å²) in [5, 5.41) is 8.75. The maximum absolute atomic E-state index is 10.6. The predicted octanol–water partition coefficient (Wildman–Crippen LogP) is 2.68. The first-order valence-electron chi connectivity index (χ1n) is 4.96. The maximum atomic E-state index is 10.6. The van der Waals surface area contributed by atoms with Gasteiger partial charge in [0, 0.05) is 0 Å². The van der Waals surface area contributed by atoms with Crippen molar-refractivity contribution < 1.29 is 9.90 Å². The Kier molecular flexibility index (Phi) is 3.57. The van der Waals surface area contributed by atoms with Crippen molar-refractivity contribution in [3.63, 3.8) is 0 Å². The van der Waals surface area contributed by atoms with E-state index in [4.69, 9.17) is 5.11 Å². The summed E-state index contributed by atoms with van der Waals surface area (Å²) in [7, 11) is 0. The number of aliphatic carboxylic acids is 1. The van der Waals surface area contributed by atoms with Gasteiger partial charge in [0.15, 0.2) is 0 Å². The number of rotatable bonds is 3. The minimum absolute atomic E-state index is 0.0434. The quantitative estimate of drug-likeness (QED) is 0.707. The number of carbonyl (C=O) groups is 1. The SMILES string of the molecule is CCC[C@H]1CC[C@@H](C(=O)O)CC1. The summed E-state index contributed by atoms with van der Waals surface area (Å²) in [6, 6.07) is 0. The van der Waals surface area contributed by atoms with Gasteiger partial charge in [-0.15, -0.1) is 0 Å². The van der Waals surface area contributed by atoms with Crippen molar-refractivity contribution in [3.8, 4) is 0 Å². The van der Waals surface area contributed by atoms with Gasteiger partial charge in [-0.1, -0.05) is 19.8 Å². The molecule has 0 aliphatic heterocycles. The van der Waals surface area contributed by atoms with Gasteiger partial charge < -0.3 is 5.11 Å². The molecular formula is C10H18O2. The van der Waals surface area contributed by atoms with Crippen LogP contribution in [0, 0.1) is 11.8 Å². The van der Waals surface area contributed by atoms with Crippen molar-refractivity contribution in [2.24, 2.45) is 11.8 Å². The molecule has 1 fully saturated rings. The van der Waals surface area contributed by atoms with E-state index in [1.807, 2.05) is 0 Å². The molecule has 1 aliphatic rings. The summed E-state index contributed by atoms with van der Waals surface area (Å²) in [6.45, 7) is 2.20. The minimum Gasteiger partial charge on any atom is -0.481 e. The number of carboxylic acid groups (broad SMARTS) is 1. The zero-order valence-corrected chi connectivity index (χ0v) is 7.75. The average molecular weight is 170 g/mol. The molecule has 2 nitrogen and oxygen atoms in total. The third-order valence-electron chi connectivity index (χ3n) is 2.89. The van der Waals surface area contributed by atoms with Crippen molar-refractivity contribution in [3.05, 3.63) is 0 Å². The van der Waals surface area contributed by atoms with Crippen LogP contribution in [0.15, 0.2) is 0 Å². The van der Waals surface area contributed by atoms with Crippen LogP contribution in [0.25, 0.3) is 0 Å². The Morgan fingerprint density at radius 2 is 1.92 bits per heavy atom. The van der Waals surface area contributed by atoms with Crippen molar-refractivity contribution >= 4 is 5.97 Å². The first-order valence-corrected chi connectivity index (χ1v) is 4.96. The molecule has 1 N–H and O–H groups in total. The van der Waals surface area contributed by atoms with Crippen LogP contribution in [0.2, 0.25) is 0 Å². The second-order valence-corrected chi connectivity index (χ2v) is 3.84. The summed E-state index contributed by atoms with van der Waals surface area (Å²) in [6.07, 6.45) is 6.59. The Hall–Kier alpha value is -0.530. The third kappa shape index (κ3) is 2.50. The first kappa shape index (κ1) is 9.56. The Morgan fingerprint density at radius 3 is 2.33 bits per heavy atom. The number of carboxylic acids is 1. The molecule has 0 unspecified atom stereocenters. The second-order valence-electron chi connectivity index (χ2n) is 3.84. The standard InChI is InChI=1S/C10H18O2/c1-2-3-8-4-6-9(7-5-8)10(11)12/h8-9H,2-7H2,1H3,(H,11,12)/t8-,9+. The molecule has 0 radical (unpaired) electrons. The van der Waals surface area contributed by atoms with Crippen molar-refractivity contribution in [2.75, 3.05) is 0 Å². The van der Waals surface area contributed by atoms with Crippen molar-refractivity contribution in [1.82, 2.24) is 0 Å². The number of hydrogen-bond donors (Lipinski definition) is 1. The monoisotopic (exact) mass is 170 g/mol. The highest BCUT2D eigenvalue weighted by molar-refractivity contribution is 5.69. The lowest BCUT2D eigenvalue weighted by molar-refractivity contribution is -0.143. The predicted molar refractivity (Wildman–Crippen MR) is 48.0 cm³/mol. The van der Waals surface area contributed by atoms with E-state index in [0.29, 0.717) is 0 Å². The molecule has 1 aliphatic carbocycles. The van der Waals surface area contributed by atoms with Crippen LogP contribution in [0.3, 0.4) is 0 Å². The molecule has 0 atom stereocenters. The van der Waals surface area contributed by atoms with Gasteiger partial charge in [-0.3, -0.25) is 4.79 Å². The lowest BCUT2D eigenvalue weighted by Gasteiger charge is -2.25. The van der Waals surface area contributed by atoms with Gasteiger partial charge in [-0.2, -0.15) is 0 Å². The van der Waals surface area contributed by atoms with E-state index in [1.165, 1.54) is 12.8 Å². The van der Waals surface area contributed by atoms with Gasteiger partial charge in [0.25, 0.3) is 0 Å². The van der Waals surface area contributed by atoms with E-state index >= 15 is 0 Å². The zero-order valence-electron chi connectivity index (χ0n) is 7.75. The fraction of sp³-hybridized carbons (Fsp3) is 0.900. The summed E-state index contributed by atoms with van der Waals surface area (Å²) >= 11 is 0. The molecule has 0 amide bonds. The van der Waals surface area contributed by atoms with Crippen LogP contribution in [0.1, 0.15) is 45.4 Å². The van der Waals surface area contributed by atoms with Gasteiger partial charge in [-0.25, -0.2) is 0 Å². The highest BCUT2D eigenvalue weighted by Gasteiger charge is 2.24. The molecule has 2 heteroatoms. The maximum Gasteiger partial charge on any atom is 0.306 e. The fourth-order valence-electron chi connectivity index (χ4n) is 2.11. The van der Waals surface area contributed by atoms with Crippen LogP contribution >= 0.6 is 0 Å². The Labute approximate surface area is 74.0 Å². The third-order valence-corrected chi connectivity index (χ3v) is 2.89. The molecule has 0 bridgehead atoms. The van der Waals surface area contributed by atoms with Crippen LogP contribution in [-0.4, -0.2) is 11.1 Å². The van der Waals surface area contributed by atoms with E-state index in [9.17, 15) is 4.79 Å². The molecule has 0 saturated heterocycles. The van der Waals surface area contributed by atoms with Gasteiger partial charge >= 0.3 is 5.97 Å². The van der Waals surface area contributed by atoms with Gasteiger partial charge in [0.1, 0.15) is 0 Å². The molecular weight excluding hydrogens is 152 g/mol. The highest BCUT2D eigenvalue weighted by atomic mass is 16.4. The van der Waals surface area contributed by atoms with E-state index < -0.39 is 5.97 Å². The zero-order chi connectivity index (χ0) is 8.97. The molecule has 12 heavy (non-hydrogen) atoms. The summed E-state index contributed by atoms with van der Waals surface area (Å²) in [5.74, 6) is 0.175. The summed E-state index contributed by atoms with van der Waals surface area (Å²) in [4.78, 5) is 10.6. The largest absolute Gasteiger partial charge is 0.481 e. The molecule has 0 heterocycles. The minimum atomic E-state index is -0.593. The van der Waals surface area contributed by atoms with E-state index in [-0.39, 0.29) is 5.92 Å². The van der Waals surface area contributed by atoms with E-state index in [2.05, 4.69) is 6.92 Å². The van der Waals surface area contributed by atoms with E-state index in [1.54, 1.807) is 0 Å². The molecule has 1 saturated carbocycles. The molecule has 0 spiro atoms. The van der Waals surface area contributed by atoms with Crippen LogP contribution in [0.4, 0.5) is 0 Å². The Balaban J connectivity index is 2.25. The average Bonchev–Trinajstić information content (AvgIpc) is 2.06.